The van der Waals surface area contributed by atoms with Crippen molar-refractivity contribution in [2.45, 2.75) is 27.7 Å². The van der Waals surface area contributed by atoms with E-state index < -0.39 is 5.97 Å². The molecule has 0 aliphatic heterocycles. The van der Waals surface area contributed by atoms with E-state index in [1.807, 2.05) is 19.1 Å². The molecule has 0 radical (unpaired) electrons. The summed E-state index contributed by atoms with van der Waals surface area (Å²) in [6.45, 7) is 8.02. The van der Waals surface area contributed by atoms with Crippen LogP contribution in [-0.4, -0.2) is 11.1 Å². The number of rotatable bonds is 2. The van der Waals surface area contributed by atoms with E-state index in [0.29, 0.717) is 5.56 Å². The van der Waals surface area contributed by atoms with Crippen LogP contribution in [0, 0.1) is 27.7 Å². The fourth-order valence-electron chi connectivity index (χ4n) is 2.64. The minimum atomic E-state index is -0.873. The highest BCUT2D eigenvalue weighted by atomic mass is 16.4. The second-order valence-corrected chi connectivity index (χ2v) is 5.11. The van der Waals surface area contributed by atoms with Crippen LogP contribution in [0.3, 0.4) is 0 Å². The van der Waals surface area contributed by atoms with E-state index in [9.17, 15) is 9.90 Å². The Morgan fingerprint density at radius 2 is 1.47 bits per heavy atom. The van der Waals surface area contributed by atoms with Crippen molar-refractivity contribution >= 4 is 5.97 Å². The molecule has 1 N–H and O–H groups in total. The summed E-state index contributed by atoms with van der Waals surface area (Å²) in [7, 11) is 0. The zero-order valence-corrected chi connectivity index (χ0v) is 11.7. The lowest BCUT2D eigenvalue weighted by molar-refractivity contribution is 0.0696. The predicted octanol–water partition coefficient (Wildman–Crippen LogP) is 4.29. The highest BCUT2D eigenvalue weighted by Gasteiger charge is 2.12. The van der Waals surface area contributed by atoms with Crippen LogP contribution in [0.4, 0.5) is 0 Å². The van der Waals surface area contributed by atoms with Gasteiger partial charge in [0.1, 0.15) is 0 Å². The summed E-state index contributed by atoms with van der Waals surface area (Å²) in [5, 5.41) is 9.22. The lowest BCUT2D eigenvalue weighted by Crippen LogP contribution is -2.00. The molecule has 2 rings (SSSR count). The zero-order valence-electron chi connectivity index (χ0n) is 11.7. The second kappa shape index (κ2) is 4.88. The van der Waals surface area contributed by atoms with Gasteiger partial charge in [-0.25, -0.2) is 4.79 Å². The maximum absolute atomic E-state index is 11.2. The van der Waals surface area contributed by atoms with Crippen molar-refractivity contribution in [3.63, 3.8) is 0 Å². The summed E-state index contributed by atoms with van der Waals surface area (Å²) >= 11 is 0. The molecule has 19 heavy (non-hydrogen) atoms. The number of benzene rings is 2. The van der Waals surface area contributed by atoms with Crippen LogP contribution in [0.25, 0.3) is 11.1 Å². The number of aryl methyl sites for hydroxylation is 4. The van der Waals surface area contributed by atoms with E-state index in [-0.39, 0.29) is 0 Å². The Morgan fingerprint density at radius 1 is 0.895 bits per heavy atom. The average molecular weight is 254 g/mol. The van der Waals surface area contributed by atoms with Crippen molar-refractivity contribution in [2.24, 2.45) is 0 Å². The normalized spacial score (nSPS) is 10.5. The lowest BCUT2D eigenvalue weighted by atomic mass is 9.92. The fourth-order valence-corrected chi connectivity index (χ4v) is 2.64. The van der Waals surface area contributed by atoms with E-state index in [1.54, 1.807) is 6.07 Å². The fraction of sp³-hybridized carbons (Fsp3) is 0.235. The van der Waals surface area contributed by atoms with Crippen LogP contribution >= 0.6 is 0 Å². The van der Waals surface area contributed by atoms with Gasteiger partial charge >= 0.3 is 5.97 Å². The Balaban J connectivity index is 2.66. The molecular formula is C17H18O2. The van der Waals surface area contributed by atoms with Gasteiger partial charge in [-0.2, -0.15) is 0 Å². The van der Waals surface area contributed by atoms with Crippen molar-refractivity contribution in [2.75, 3.05) is 0 Å². The summed E-state index contributed by atoms with van der Waals surface area (Å²) < 4.78 is 0. The first-order valence-corrected chi connectivity index (χ1v) is 6.32. The maximum atomic E-state index is 11.2. The summed E-state index contributed by atoms with van der Waals surface area (Å²) in [6, 6.07) is 9.89. The van der Waals surface area contributed by atoms with Crippen LogP contribution in [0.2, 0.25) is 0 Å². The summed E-state index contributed by atoms with van der Waals surface area (Å²) in [4.78, 5) is 11.2. The van der Waals surface area contributed by atoms with E-state index in [4.69, 9.17) is 0 Å². The van der Waals surface area contributed by atoms with E-state index in [2.05, 4.69) is 32.9 Å². The van der Waals surface area contributed by atoms with Gasteiger partial charge in [-0.15, -0.1) is 0 Å². The molecule has 0 saturated heterocycles. The first-order chi connectivity index (χ1) is 8.90. The SMILES string of the molecule is Cc1cc(C)c(-c2ccc(C)c(C(=O)O)c2)c(C)c1. The Bertz CT molecular complexity index is 631. The lowest BCUT2D eigenvalue weighted by Gasteiger charge is -2.13. The highest BCUT2D eigenvalue weighted by molar-refractivity contribution is 5.91. The van der Waals surface area contributed by atoms with E-state index in [1.165, 1.54) is 16.7 Å². The molecule has 98 valence electrons. The second-order valence-electron chi connectivity index (χ2n) is 5.11. The van der Waals surface area contributed by atoms with Crippen LogP contribution < -0.4 is 0 Å². The third-order valence-electron chi connectivity index (χ3n) is 3.43. The van der Waals surface area contributed by atoms with Gasteiger partial charge in [0, 0.05) is 0 Å². The van der Waals surface area contributed by atoms with Crippen molar-refractivity contribution in [1.29, 1.82) is 0 Å². The Labute approximate surface area is 113 Å². The molecule has 2 aromatic carbocycles. The zero-order chi connectivity index (χ0) is 14.2. The minimum absolute atomic E-state index is 0.372. The van der Waals surface area contributed by atoms with Gasteiger partial charge in [0.15, 0.2) is 0 Å². The van der Waals surface area contributed by atoms with Crippen molar-refractivity contribution in [3.05, 3.63) is 58.1 Å². The smallest absolute Gasteiger partial charge is 0.335 e. The Morgan fingerprint density at radius 3 is 2.00 bits per heavy atom. The first kappa shape index (κ1) is 13.3. The van der Waals surface area contributed by atoms with Crippen LogP contribution in [0.15, 0.2) is 30.3 Å². The quantitative estimate of drug-likeness (QED) is 0.868. The van der Waals surface area contributed by atoms with Gasteiger partial charge in [-0.1, -0.05) is 29.8 Å². The summed E-state index contributed by atoms with van der Waals surface area (Å²) in [5.41, 5.74) is 6.85. The monoisotopic (exact) mass is 254 g/mol. The van der Waals surface area contributed by atoms with Crippen molar-refractivity contribution in [1.82, 2.24) is 0 Å². The molecule has 0 amide bonds. The van der Waals surface area contributed by atoms with Gasteiger partial charge in [0.25, 0.3) is 0 Å². The molecule has 0 fully saturated rings. The topological polar surface area (TPSA) is 37.3 Å². The highest BCUT2D eigenvalue weighted by Crippen LogP contribution is 2.29. The largest absolute Gasteiger partial charge is 0.478 e. The molecule has 2 aromatic rings. The molecule has 0 heterocycles. The molecule has 2 nitrogen and oxygen atoms in total. The number of carboxylic acid groups (broad SMARTS) is 1. The molecule has 0 saturated carbocycles. The number of aromatic carboxylic acids is 1. The number of carbonyl (C=O) groups is 1. The average Bonchev–Trinajstić information content (AvgIpc) is 2.29. The van der Waals surface area contributed by atoms with Gasteiger partial charge < -0.3 is 5.11 Å². The first-order valence-electron chi connectivity index (χ1n) is 6.32. The molecule has 0 unspecified atom stereocenters. The van der Waals surface area contributed by atoms with Gasteiger partial charge in [-0.3, -0.25) is 0 Å². The molecule has 0 spiro atoms. The van der Waals surface area contributed by atoms with Crippen LogP contribution in [0.1, 0.15) is 32.6 Å². The van der Waals surface area contributed by atoms with E-state index >= 15 is 0 Å². The third-order valence-corrected chi connectivity index (χ3v) is 3.43. The van der Waals surface area contributed by atoms with Gasteiger partial charge in [0.05, 0.1) is 5.56 Å². The molecule has 0 atom stereocenters. The molecule has 0 bridgehead atoms. The standard InChI is InChI=1S/C17H18O2/c1-10-7-12(3)16(13(4)8-10)14-6-5-11(2)15(9-14)17(18)19/h5-9H,1-4H3,(H,18,19). The van der Waals surface area contributed by atoms with Crippen LogP contribution in [0.5, 0.6) is 0 Å². The number of hydrogen-bond acceptors (Lipinski definition) is 1. The van der Waals surface area contributed by atoms with Gasteiger partial charge in [-0.05, 0) is 61.6 Å². The third kappa shape index (κ3) is 2.53. The van der Waals surface area contributed by atoms with Crippen molar-refractivity contribution in [3.8, 4) is 11.1 Å². The van der Waals surface area contributed by atoms with Gasteiger partial charge in [0.2, 0.25) is 0 Å². The molecule has 0 aromatic heterocycles. The van der Waals surface area contributed by atoms with Crippen molar-refractivity contribution < 1.29 is 9.90 Å². The Hall–Kier alpha value is -2.09. The van der Waals surface area contributed by atoms with Crippen LogP contribution in [-0.2, 0) is 0 Å². The summed E-state index contributed by atoms with van der Waals surface area (Å²) in [6.07, 6.45) is 0. The molecule has 0 aliphatic rings. The minimum Gasteiger partial charge on any atom is -0.478 e. The summed E-state index contributed by atoms with van der Waals surface area (Å²) in [5.74, 6) is -0.873. The molecule has 0 aliphatic carbocycles. The number of carboxylic acids is 1. The maximum Gasteiger partial charge on any atom is 0.335 e. The van der Waals surface area contributed by atoms with E-state index in [0.717, 1.165) is 16.7 Å². The molecular weight excluding hydrogens is 236 g/mol. The Kier molecular flexibility index (Phi) is 3.43. The molecule has 2 heteroatoms. The predicted molar refractivity (Wildman–Crippen MR) is 77.8 cm³/mol. The number of hydrogen-bond donors (Lipinski definition) is 1.